The molecule has 0 saturated heterocycles. The van der Waals surface area contributed by atoms with Crippen molar-refractivity contribution in [1.82, 2.24) is 24.1 Å². The summed E-state index contributed by atoms with van der Waals surface area (Å²) in [5, 5.41) is 20.3. The molecule has 6 aromatic rings. The molecule has 41 heavy (non-hydrogen) atoms. The van der Waals surface area contributed by atoms with Gasteiger partial charge in [-0.1, -0.05) is 59.8 Å². The number of aromatic nitrogens is 5. The van der Waals surface area contributed by atoms with Gasteiger partial charge in [0.25, 0.3) is 5.56 Å². The zero-order valence-electron chi connectivity index (χ0n) is 23.4. The fraction of sp³-hybridized carbons (Fsp3) is 0.194. The third-order valence-corrected chi connectivity index (χ3v) is 7.32. The third kappa shape index (κ3) is 4.95. The quantitative estimate of drug-likeness (QED) is 0.339. The average molecular weight is 552 g/mol. The molecule has 208 valence electrons. The summed E-state index contributed by atoms with van der Waals surface area (Å²) in [6.45, 7) is 6.18. The molecule has 0 bridgehead atoms. The minimum Gasteiger partial charge on any atom is -0.478 e. The van der Waals surface area contributed by atoms with Crippen LogP contribution in [0.1, 0.15) is 32.9 Å². The van der Waals surface area contributed by atoms with Gasteiger partial charge < -0.3 is 9.63 Å². The Balaban J connectivity index is 0.000000365. The highest BCUT2D eigenvalue weighted by Crippen LogP contribution is 2.29. The number of rotatable bonds is 4. The van der Waals surface area contributed by atoms with Crippen LogP contribution in [-0.2, 0) is 20.6 Å². The second-order valence-electron chi connectivity index (χ2n) is 9.88. The van der Waals surface area contributed by atoms with Crippen molar-refractivity contribution in [3.63, 3.8) is 0 Å². The van der Waals surface area contributed by atoms with E-state index in [9.17, 15) is 19.5 Å². The highest BCUT2D eigenvalue weighted by atomic mass is 16.5. The summed E-state index contributed by atoms with van der Waals surface area (Å²) < 4.78 is 8.89. The summed E-state index contributed by atoms with van der Waals surface area (Å²) in [5.74, 6) is -0.149. The predicted octanol–water partition coefficient (Wildman–Crippen LogP) is 4.60. The van der Waals surface area contributed by atoms with Crippen molar-refractivity contribution in [2.75, 3.05) is 0 Å². The van der Waals surface area contributed by atoms with Gasteiger partial charge in [-0.3, -0.25) is 18.6 Å². The third-order valence-electron chi connectivity index (χ3n) is 7.32. The van der Waals surface area contributed by atoms with Crippen LogP contribution in [-0.4, -0.2) is 35.1 Å². The van der Waals surface area contributed by atoms with Gasteiger partial charge in [0, 0.05) is 25.2 Å². The SMILES string of the molecule is Cc1noc(C)c1C.Cn1c(=O)c2c(-c3cccc(C(=O)O)c3)n(Cc3cccc4ccccc34)nc2n(C)c1=O. The molecule has 0 aliphatic carbocycles. The minimum atomic E-state index is -1.07. The lowest BCUT2D eigenvalue weighted by Gasteiger charge is -2.11. The molecular formula is C31H29N5O5. The standard InChI is InChI=1S/C25H20N4O4.C6H9NO/c1-27-22-20(23(30)28(2)25(27)33)21(16-9-6-10-17(13-16)24(31)32)29(26-22)14-18-11-5-8-15-7-3-4-12-19(15)18;1-4-5(2)7-8-6(4)3/h3-13H,14H2,1-2H3,(H,31,32);1-3H3. The molecule has 0 amide bonds. The van der Waals surface area contributed by atoms with Crippen molar-refractivity contribution in [3.05, 3.63) is 116 Å². The first-order valence-electron chi connectivity index (χ1n) is 12.9. The Labute approximate surface area is 234 Å². The van der Waals surface area contributed by atoms with Crippen LogP contribution >= 0.6 is 0 Å². The number of fused-ring (bicyclic) bond motifs is 2. The van der Waals surface area contributed by atoms with Crippen LogP contribution in [0.5, 0.6) is 0 Å². The van der Waals surface area contributed by atoms with Crippen LogP contribution in [0.4, 0.5) is 0 Å². The molecule has 3 heterocycles. The normalized spacial score (nSPS) is 11.0. The molecule has 10 heteroatoms. The Bertz CT molecular complexity index is 2040. The second-order valence-corrected chi connectivity index (χ2v) is 9.88. The topological polar surface area (TPSA) is 125 Å². The summed E-state index contributed by atoms with van der Waals surface area (Å²) in [5.41, 5.74) is 3.52. The highest BCUT2D eigenvalue weighted by molar-refractivity contribution is 5.94. The molecule has 3 aromatic heterocycles. The zero-order valence-corrected chi connectivity index (χ0v) is 23.4. The minimum absolute atomic E-state index is 0.0974. The lowest BCUT2D eigenvalue weighted by atomic mass is 10.0. The molecule has 0 radical (unpaired) electrons. The monoisotopic (exact) mass is 551 g/mol. The van der Waals surface area contributed by atoms with Gasteiger partial charge in [0.15, 0.2) is 5.65 Å². The summed E-state index contributed by atoms with van der Waals surface area (Å²) in [4.78, 5) is 37.3. The van der Waals surface area contributed by atoms with E-state index in [1.54, 1.807) is 23.9 Å². The van der Waals surface area contributed by atoms with Crippen molar-refractivity contribution in [2.45, 2.75) is 27.3 Å². The Kier molecular flexibility index (Phi) is 7.15. The van der Waals surface area contributed by atoms with Crippen LogP contribution in [0.2, 0.25) is 0 Å². The fourth-order valence-electron chi connectivity index (χ4n) is 4.78. The Hall–Kier alpha value is -5.25. The molecule has 0 aliphatic heterocycles. The van der Waals surface area contributed by atoms with Gasteiger partial charge in [0.1, 0.15) is 11.1 Å². The summed E-state index contributed by atoms with van der Waals surface area (Å²) in [6, 6.07) is 20.3. The molecule has 6 rings (SSSR count). The molecule has 0 spiro atoms. The van der Waals surface area contributed by atoms with E-state index in [1.165, 1.54) is 23.7 Å². The van der Waals surface area contributed by atoms with E-state index in [2.05, 4.69) is 10.3 Å². The van der Waals surface area contributed by atoms with Gasteiger partial charge in [0.05, 0.1) is 23.5 Å². The molecule has 0 saturated carbocycles. The maximum absolute atomic E-state index is 13.2. The summed E-state index contributed by atoms with van der Waals surface area (Å²) in [7, 11) is 2.99. The fourth-order valence-corrected chi connectivity index (χ4v) is 4.78. The first-order chi connectivity index (χ1) is 19.6. The van der Waals surface area contributed by atoms with Gasteiger partial charge in [-0.25, -0.2) is 9.59 Å². The summed E-state index contributed by atoms with van der Waals surface area (Å²) >= 11 is 0. The molecule has 0 unspecified atom stereocenters. The predicted molar refractivity (Wildman–Crippen MR) is 156 cm³/mol. The Morgan fingerprint density at radius 3 is 2.29 bits per heavy atom. The highest BCUT2D eigenvalue weighted by Gasteiger charge is 2.22. The number of benzene rings is 3. The van der Waals surface area contributed by atoms with Gasteiger partial charge >= 0.3 is 11.7 Å². The molecule has 1 N–H and O–H groups in total. The zero-order chi connectivity index (χ0) is 29.4. The number of hydrogen-bond acceptors (Lipinski definition) is 6. The van der Waals surface area contributed by atoms with E-state index in [0.717, 1.165) is 37.9 Å². The number of carboxylic acids is 1. The van der Waals surface area contributed by atoms with E-state index in [0.29, 0.717) is 17.8 Å². The second kappa shape index (κ2) is 10.7. The number of carbonyl (C=O) groups is 1. The van der Waals surface area contributed by atoms with E-state index >= 15 is 0 Å². The molecule has 10 nitrogen and oxygen atoms in total. The van der Waals surface area contributed by atoms with Crippen molar-refractivity contribution in [1.29, 1.82) is 0 Å². The van der Waals surface area contributed by atoms with Gasteiger partial charge in [-0.05, 0) is 49.2 Å². The lowest BCUT2D eigenvalue weighted by molar-refractivity contribution is 0.0697. The van der Waals surface area contributed by atoms with E-state index in [-0.39, 0.29) is 16.6 Å². The van der Waals surface area contributed by atoms with Crippen LogP contribution in [0, 0.1) is 20.8 Å². The lowest BCUT2D eigenvalue weighted by Crippen LogP contribution is -2.36. The van der Waals surface area contributed by atoms with E-state index in [4.69, 9.17) is 4.52 Å². The molecule has 0 atom stereocenters. The van der Waals surface area contributed by atoms with Gasteiger partial charge in [-0.15, -0.1) is 0 Å². The van der Waals surface area contributed by atoms with E-state index in [1.807, 2.05) is 63.2 Å². The number of aromatic carboxylic acids is 1. The Morgan fingerprint density at radius 2 is 1.63 bits per heavy atom. The summed E-state index contributed by atoms with van der Waals surface area (Å²) in [6.07, 6.45) is 0. The first kappa shape index (κ1) is 27.3. The van der Waals surface area contributed by atoms with Crippen LogP contribution in [0.3, 0.4) is 0 Å². The number of carboxylic acid groups (broad SMARTS) is 1. The number of aryl methyl sites for hydroxylation is 3. The van der Waals surface area contributed by atoms with Crippen LogP contribution < -0.4 is 11.2 Å². The van der Waals surface area contributed by atoms with Crippen molar-refractivity contribution in [2.24, 2.45) is 14.1 Å². The largest absolute Gasteiger partial charge is 0.478 e. The molecular weight excluding hydrogens is 522 g/mol. The molecule has 3 aromatic carbocycles. The first-order valence-corrected chi connectivity index (χ1v) is 12.9. The van der Waals surface area contributed by atoms with Crippen molar-refractivity contribution < 1.29 is 14.4 Å². The van der Waals surface area contributed by atoms with E-state index < -0.39 is 17.2 Å². The van der Waals surface area contributed by atoms with Crippen molar-refractivity contribution in [3.8, 4) is 11.3 Å². The van der Waals surface area contributed by atoms with Gasteiger partial charge in [-0.2, -0.15) is 5.10 Å². The molecule has 0 fully saturated rings. The van der Waals surface area contributed by atoms with Gasteiger partial charge in [0.2, 0.25) is 0 Å². The number of nitrogens with zero attached hydrogens (tertiary/aromatic N) is 5. The Morgan fingerprint density at radius 1 is 0.927 bits per heavy atom. The van der Waals surface area contributed by atoms with Crippen molar-refractivity contribution >= 4 is 27.8 Å². The number of hydrogen-bond donors (Lipinski definition) is 1. The maximum Gasteiger partial charge on any atom is 0.335 e. The van der Waals surface area contributed by atoms with Crippen LogP contribution in [0.15, 0.2) is 80.8 Å². The molecule has 0 aliphatic rings. The maximum atomic E-state index is 13.2. The van der Waals surface area contributed by atoms with Crippen LogP contribution in [0.25, 0.3) is 33.1 Å². The smallest absolute Gasteiger partial charge is 0.335 e. The average Bonchev–Trinajstić information content (AvgIpc) is 3.50.